The van der Waals surface area contributed by atoms with Crippen LogP contribution in [0.4, 0.5) is 0 Å². The standard InChI is InChI=1S/C15H16.C14H12.C13H10S.C13H10/c1-11-8-9-13(3)15(10-11)14-7-5-4-6-12(14)2;1-10-6-7-12-9-11-4-2-3-5-13(11)14(12)8-10;1-9-6-7-11-10-4-2-3-5-12(10)14-13(11)8-9;1-3-7-12-10(5-1)9-11-6-2-4-8-13(11)12/h4-10H,1-3H3;2-8H,9H2,1H3;2-8H,1H3;1-8H,9H2. The van der Waals surface area contributed by atoms with Gasteiger partial charge in [0.25, 0.3) is 0 Å². The van der Waals surface area contributed by atoms with Crippen molar-refractivity contribution >= 4 is 31.5 Å². The molecule has 0 fully saturated rings. The molecule has 0 spiro atoms. The molecule has 274 valence electrons. The van der Waals surface area contributed by atoms with Crippen LogP contribution in [-0.2, 0) is 12.8 Å². The van der Waals surface area contributed by atoms with Gasteiger partial charge in [0, 0.05) is 20.2 Å². The largest absolute Gasteiger partial charge is 0.135 e. The maximum absolute atomic E-state index is 2.29. The van der Waals surface area contributed by atoms with Gasteiger partial charge in [-0.3, -0.25) is 0 Å². The van der Waals surface area contributed by atoms with Gasteiger partial charge in [-0.25, -0.2) is 0 Å². The zero-order valence-corrected chi connectivity index (χ0v) is 33.9. The number of benzene rings is 8. The zero-order chi connectivity index (χ0) is 38.6. The van der Waals surface area contributed by atoms with E-state index in [0.717, 1.165) is 12.8 Å². The lowest BCUT2D eigenvalue weighted by atomic mass is 9.95. The molecule has 9 aromatic rings. The second kappa shape index (κ2) is 16.4. The summed E-state index contributed by atoms with van der Waals surface area (Å²) in [5.41, 5.74) is 20.9. The molecule has 0 aliphatic heterocycles. The minimum absolute atomic E-state index is 1.10. The van der Waals surface area contributed by atoms with Crippen LogP contribution >= 0.6 is 11.3 Å². The molecule has 0 radical (unpaired) electrons. The highest BCUT2D eigenvalue weighted by atomic mass is 32.1. The molecule has 0 atom stereocenters. The Balaban J connectivity index is 0.000000105. The summed E-state index contributed by atoms with van der Waals surface area (Å²) in [6.07, 6.45) is 2.21. The first-order valence-electron chi connectivity index (χ1n) is 19.7. The Kier molecular flexibility index (Phi) is 10.8. The van der Waals surface area contributed by atoms with E-state index in [0.29, 0.717) is 0 Å². The molecule has 0 amide bonds. The van der Waals surface area contributed by atoms with Crippen molar-refractivity contribution in [1.82, 2.24) is 0 Å². The van der Waals surface area contributed by atoms with Crippen molar-refractivity contribution in [3.63, 3.8) is 0 Å². The lowest BCUT2D eigenvalue weighted by molar-refractivity contribution is 1.26. The van der Waals surface area contributed by atoms with Crippen LogP contribution in [0, 0.1) is 34.6 Å². The lowest BCUT2D eigenvalue weighted by Gasteiger charge is -2.09. The summed E-state index contributed by atoms with van der Waals surface area (Å²) < 4.78 is 2.78. The highest BCUT2D eigenvalue weighted by molar-refractivity contribution is 7.25. The number of hydrogen-bond acceptors (Lipinski definition) is 1. The molecule has 2 aliphatic rings. The second-order valence-electron chi connectivity index (χ2n) is 15.2. The summed E-state index contributed by atoms with van der Waals surface area (Å²) in [4.78, 5) is 0. The summed E-state index contributed by atoms with van der Waals surface area (Å²) in [6.45, 7) is 10.8. The number of hydrogen-bond donors (Lipinski definition) is 0. The lowest BCUT2D eigenvalue weighted by Crippen LogP contribution is -1.87. The van der Waals surface area contributed by atoms with Gasteiger partial charge in [-0.05, 0) is 132 Å². The molecule has 1 heterocycles. The summed E-state index contributed by atoms with van der Waals surface area (Å²) >= 11 is 1.88. The third-order valence-corrected chi connectivity index (χ3v) is 12.2. The Morgan fingerprint density at radius 2 is 0.732 bits per heavy atom. The number of thiophene rings is 1. The molecule has 11 rings (SSSR count). The fourth-order valence-corrected chi connectivity index (χ4v) is 9.26. The van der Waals surface area contributed by atoms with Crippen molar-refractivity contribution in [1.29, 1.82) is 0 Å². The molecule has 0 N–H and O–H groups in total. The second-order valence-corrected chi connectivity index (χ2v) is 16.3. The molecular formula is C55H48S. The Hall–Kier alpha value is -6.02. The van der Waals surface area contributed by atoms with Crippen LogP contribution in [0.3, 0.4) is 0 Å². The topological polar surface area (TPSA) is 0 Å². The summed E-state index contributed by atoms with van der Waals surface area (Å²) in [7, 11) is 0. The third-order valence-electron chi connectivity index (χ3n) is 11.0. The van der Waals surface area contributed by atoms with E-state index < -0.39 is 0 Å². The first-order chi connectivity index (χ1) is 27.3. The molecule has 0 saturated heterocycles. The summed E-state index contributed by atoms with van der Waals surface area (Å²) in [5, 5.41) is 2.77. The van der Waals surface area contributed by atoms with Crippen LogP contribution in [0.25, 0.3) is 53.6 Å². The predicted octanol–water partition coefficient (Wildman–Crippen LogP) is 15.5. The average molecular weight is 741 g/mol. The fourth-order valence-electron chi connectivity index (χ4n) is 8.05. The normalized spacial score (nSPS) is 11.5. The van der Waals surface area contributed by atoms with Crippen LogP contribution in [0.15, 0.2) is 176 Å². The quantitative estimate of drug-likeness (QED) is 0.157. The molecule has 1 heteroatoms. The molecule has 56 heavy (non-hydrogen) atoms. The monoisotopic (exact) mass is 740 g/mol. The highest BCUT2D eigenvalue weighted by Crippen LogP contribution is 2.38. The van der Waals surface area contributed by atoms with Gasteiger partial charge in [-0.1, -0.05) is 175 Å². The van der Waals surface area contributed by atoms with Gasteiger partial charge in [0.05, 0.1) is 0 Å². The minimum atomic E-state index is 1.10. The molecule has 0 saturated carbocycles. The van der Waals surface area contributed by atoms with E-state index in [-0.39, 0.29) is 0 Å². The fraction of sp³-hybridized carbons (Fsp3) is 0.127. The third kappa shape index (κ3) is 7.87. The Bertz CT molecular complexity index is 2770. The van der Waals surface area contributed by atoms with Crippen LogP contribution in [0.1, 0.15) is 50.1 Å². The number of rotatable bonds is 1. The summed E-state index contributed by atoms with van der Waals surface area (Å²) in [6, 6.07) is 63.2. The molecule has 0 unspecified atom stereocenters. The van der Waals surface area contributed by atoms with Crippen LogP contribution in [0.5, 0.6) is 0 Å². The van der Waals surface area contributed by atoms with Crippen LogP contribution in [-0.4, -0.2) is 0 Å². The zero-order valence-electron chi connectivity index (χ0n) is 33.1. The van der Waals surface area contributed by atoms with Gasteiger partial charge >= 0.3 is 0 Å². The first-order valence-corrected chi connectivity index (χ1v) is 20.5. The van der Waals surface area contributed by atoms with Gasteiger partial charge < -0.3 is 0 Å². The molecule has 0 nitrogen and oxygen atoms in total. The average Bonchev–Trinajstić information content (AvgIpc) is 3.91. The molecule has 2 aliphatic carbocycles. The highest BCUT2D eigenvalue weighted by Gasteiger charge is 2.17. The minimum Gasteiger partial charge on any atom is -0.135 e. The van der Waals surface area contributed by atoms with Crippen molar-refractivity contribution in [2.45, 2.75) is 47.5 Å². The molecular weight excluding hydrogens is 693 g/mol. The maximum atomic E-state index is 2.29. The molecule has 8 aromatic carbocycles. The number of fused-ring (bicyclic) bond motifs is 9. The first kappa shape index (κ1) is 36.9. The van der Waals surface area contributed by atoms with Gasteiger partial charge in [-0.15, -0.1) is 11.3 Å². The van der Waals surface area contributed by atoms with Gasteiger partial charge in [-0.2, -0.15) is 0 Å². The van der Waals surface area contributed by atoms with Crippen molar-refractivity contribution in [2.24, 2.45) is 0 Å². The van der Waals surface area contributed by atoms with Crippen molar-refractivity contribution in [3.8, 4) is 33.4 Å². The molecule has 0 bridgehead atoms. The van der Waals surface area contributed by atoms with Gasteiger partial charge in [0.15, 0.2) is 0 Å². The van der Waals surface area contributed by atoms with E-state index >= 15 is 0 Å². The van der Waals surface area contributed by atoms with E-state index in [2.05, 4.69) is 211 Å². The van der Waals surface area contributed by atoms with E-state index in [9.17, 15) is 0 Å². The Morgan fingerprint density at radius 3 is 1.38 bits per heavy atom. The van der Waals surface area contributed by atoms with Crippen molar-refractivity contribution in [2.75, 3.05) is 0 Å². The van der Waals surface area contributed by atoms with Crippen LogP contribution < -0.4 is 0 Å². The smallest absolute Gasteiger partial charge is 0.0358 e. The summed E-state index contributed by atoms with van der Waals surface area (Å²) in [5.74, 6) is 0. The van der Waals surface area contributed by atoms with E-state index in [1.54, 1.807) is 0 Å². The maximum Gasteiger partial charge on any atom is 0.0358 e. The Labute approximate surface area is 336 Å². The van der Waals surface area contributed by atoms with Crippen molar-refractivity contribution < 1.29 is 0 Å². The van der Waals surface area contributed by atoms with E-state index in [4.69, 9.17) is 0 Å². The van der Waals surface area contributed by atoms with Gasteiger partial charge in [0.1, 0.15) is 0 Å². The van der Waals surface area contributed by atoms with E-state index in [1.165, 1.54) is 104 Å². The SMILES string of the molecule is Cc1ccc(C)c(-c2ccccc2C)c1.Cc1ccc2c(c1)-c1ccccc1C2.Cc1ccc2c(c1)sc1ccccc12.c1ccc2c(c1)Cc1ccccc1-2. The predicted molar refractivity (Wildman–Crippen MR) is 244 cm³/mol. The van der Waals surface area contributed by atoms with Crippen molar-refractivity contribution in [3.05, 3.63) is 226 Å². The number of aryl methyl sites for hydroxylation is 5. The van der Waals surface area contributed by atoms with Crippen LogP contribution in [0.2, 0.25) is 0 Å². The molecule has 1 aromatic heterocycles. The van der Waals surface area contributed by atoms with Gasteiger partial charge in [0.2, 0.25) is 0 Å². The Morgan fingerprint density at radius 1 is 0.304 bits per heavy atom. The van der Waals surface area contributed by atoms with E-state index in [1.807, 2.05) is 11.3 Å².